The molecule has 0 amide bonds. The van der Waals surface area contributed by atoms with Gasteiger partial charge in [0.15, 0.2) is 0 Å². The molecule has 0 aliphatic heterocycles. The predicted octanol–water partition coefficient (Wildman–Crippen LogP) is 2.88. The van der Waals surface area contributed by atoms with Gasteiger partial charge in [-0.25, -0.2) is 4.98 Å². The summed E-state index contributed by atoms with van der Waals surface area (Å²) in [6, 6.07) is 9.48. The minimum absolute atomic E-state index is 0.353. The Morgan fingerprint density at radius 3 is 2.87 bits per heavy atom. The number of rotatable bonds is 1. The molecule has 0 fully saturated rings. The van der Waals surface area contributed by atoms with Crippen molar-refractivity contribution in [3.63, 3.8) is 0 Å². The van der Waals surface area contributed by atoms with Crippen LogP contribution < -0.4 is 4.74 Å². The van der Waals surface area contributed by atoms with Gasteiger partial charge in [-0.2, -0.15) is 5.26 Å². The first-order valence-corrected chi connectivity index (χ1v) is 5.09. The number of nitriles is 1. The van der Waals surface area contributed by atoms with E-state index in [1.54, 1.807) is 13.2 Å². The van der Waals surface area contributed by atoms with Crippen molar-refractivity contribution >= 4 is 26.7 Å². The highest BCUT2D eigenvalue weighted by Crippen LogP contribution is 2.29. The monoisotopic (exact) mass is 262 g/mol. The van der Waals surface area contributed by atoms with Crippen LogP contribution in [0, 0.1) is 11.3 Å². The summed E-state index contributed by atoms with van der Waals surface area (Å²) in [5, 5.41) is 10.7. The van der Waals surface area contributed by atoms with E-state index in [4.69, 9.17) is 10.00 Å². The Morgan fingerprint density at radius 2 is 2.20 bits per heavy atom. The van der Waals surface area contributed by atoms with E-state index in [0.717, 1.165) is 15.2 Å². The maximum absolute atomic E-state index is 8.82. The summed E-state index contributed by atoms with van der Waals surface area (Å²) in [7, 11) is 1.55. The quantitative estimate of drug-likeness (QED) is 0.794. The molecule has 0 radical (unpaired) electrons. The van der Waals surface area contributed by atoms with Crippen LogP contribution in [-0.4, -0.2) is 12.1 Å². The number of fused-ring (bicyclic) bond motifs is 1. The average molecular weight is 263 g/mol. The standard InChI is InChI=1S/C11H7BrN2O/c1-15-11-8-3-2-4-10(12)9(8)5-7(6-13)14-11/h2-5H,1H3. The molecule has 74 valence electrons. The number of methoxy groups -OCH3 is 1. The molecule has 0 atom stereocenters. The molecule has 1 aromatic carbocycles. The van der Waals surface area contributed by atoms with E-state index in [1.807, 2.05) is 24.3 Å². The second-order valence-electron chi connectivity index (χ2n) is 2.96. The van der Waals surface area contributed by atoms with Crippen LogP contribution in [-0.2, 0) is 0 Å². The first kappa shape index (κ1) is 9.94. The maximum Gasteiger partial charge on any atom is 0.222 e. The molecule has 0 aliphatic carbocycles. The zero-order valence-corrected chi connectivity index (χ0v) is 9.58. The Balaban J connectivity index is 2.88. The molecular weight excluding hydrogens is 256 g/mol. The van der Waals surface area contributed by atoms with Gasteiger partial charge >= 0.3 is 0 Å². The Hall–Kier alpha value is -1.60. The van der Waals surface area contributed by atoms with Crippen molar-refractivity contribution in [3.8, 4) is 11.9 Å². The van der Waals surface area contributed by atoms with Crippen molar-refractivity contribution in [1.29, 1.82) is 5.26 Å². The van der Waals surface area contributed by atoms with Gasteiger partial charge in [-0.3, -0.25) is 0 Å². The van der Waals surface area contributed by atoms with E-state index < -0.39 is 0 Å². The van der Waals surface area contributed by atoms with Crippen LogP contribution in [0.25, 0.3) is 10.8 Å². The van der Waals surface area contributed by atoms with Gasteiger partial charge in [0, 0.05) is 15.2 Å². The highest BCUT2D eigenvalue weighted by molar-refractivity contribution is 9.10. The van der Waals surface area contributed by atoms with Gasteiger partial charge in [-0.15, -0.1) is 0 Å². The number of hydrogen-bond donors (Lipinski definition) is 0. The van der Waals surface area contributed by atoms with E-state index in [9.17, 15) is 0 Å². The lowest BCUT2D eigenvalue weighted by atomic mass is 10.1. The lowest BCUT2D eigenvalue weighted by Crippen LogP contribution is -1.92. The summed E-state index contributed by atoms with van der Waals surface area (Å²) in [6.07, 6.45) is 0. The van der Waals surface area contributed by atoms with Crippen LogP contribution in [0.5, 0.6) is 5.88 Å². The number of benzene rings is 1. The lowest BCUT2D eigenvalue weighted by molar-refractivity contribution is 0.403. The second kappa shape index (κ2) is 3.87. The van der Waals surface area contributed by atoms with E-state index in [-0.39, 0.29) is 0 Å². The summed E-state index contributed by atoms with van der Waals surface area (Å²) < 4.78 is 6.07. The molecule has 2 rings (SSSR count). The molecule has 0 N–H and O–H groups in total. The Morgan fingerprint density at radius 1 is 1.40 bits per heavy atom. The fraction of sp³-hybridized carbons (Fsp3) is 0.0909. The lowest BCUT2D eigenvalue weighted by Gasteiger charge is -2.05. The van der Waals surface area contributed by atoms with Crippen LogP contribution in [0.1, 0.15) is 5.69 Å². The van der Waals surface area contributed by atoms with Crippen molar-refractivity contribution < 1.29 is 4.74 Å². The topological polar surface area (TPSA) is 45.9 Å². The molecule has 0 saturated heterocycles. The fourth-order valence-electron chi connectivity index (χ4n) is 1.42. The summed E-state index contributed by atoms with van der Waals surface area (Å²) in [4.78, 5) is 4.07. The highest BCUT2D eigenvalue weighted by atomic mass is 79.9. The number of halogens is 1. The van der Waals surface area contributed by atoms with Gasteiger partial charge in [0.1, 0.15) is 11.8 Å². The largest absolute Gasteiger partial charge is 0.481 e. The van der Waals surface area contributed by atoms with Crippen molar-refractivity contribution in [1.82, 2.24) is 4.98 Å². The Labute approximate surface area is 95.4 Å². The summed E-state index contributed by atoms with van der Waals surface area (Å²) in [5.74, 6) is 0.477. The Kier molecular flexibility index (Phi) is 2.57. The Bertz CT molecular complexity index is 560. The van der Waals surface area contributed by atoms with Crippen LogP contribution in [0.15, 0.2) is 28.7 Å². The minimum atomic E-state index is 0.353. The molecule has 0 aliphatic rings. The normalized spacial score (nSPS) is 9.93. The molecule has 1 heterocycles. The molecule has 0 unspecified atom stereocenters. The molecule has 3 nitrogen and oxygen atoms in total. The SMILES string of the molecule is COc1nc(C#N)cc2c(Br)cccc12. The summed E-state index contributed by atoms with van der Waals surface area (Å²) >= 11 is 3.43. The number of ether oxygens (including phenoxy) is 1. The zero-order chi connectivity index (χ0) is 10.8. The molecule has 2 aromatic rings. The van der Waals surface area contributed by atoms with Crippen LogP contribution in [0.3, 0.4) is 0 Å². The van der Waals surface area contributed by atoms with E-state index in [2.05, 4.69) is 20.9 Å². The molecule has 0 bridgehead atoms. The smallest absolute Gasteiger partial charge is 0.222 e. The van der Waals surface area contributed by atoms with Crippen molar-refractivity contribution in [3.05, 3.63) is 34.4 Å². The third-order valence-electron chi connectivity index (χ3n) is 2.09. The van der Waals surface area contributed by atoms with Crippen molar-refractivity contribution in [2.75, 3.05) is 7.11 Å². The zero-order valence-electron chi connectivity index (χ0n) is 7.99. The van der Waals surface area contributed by atoms with Gasteiger partial charge in [0.2, 0.25) is 5.88 Å². The molecule has 0 saturated carbocycles. The molecular formula is C11H7BrN2O. The third kappa shape index (κ3) is 1.66. The molecule has 0 spiro atoms. The van der Waals surface area contributed by atoms with Crippen LogP contribution in [0.2, 0.25) is 0 Å². The molecule has 1 aromatic heterocycles. The summed E-state index contributed by atoms with van der Waals surface area (Å²) in [6.45, 7) is 0. The number of nitrogens with zero attached hydrogens (tertiary/aromatic N) is 2. The van der Waals surface area contributed by atoms with Gasteiger partial charge in [0.25, 0.3) is 0 Å². The number of hydrogen-bond acceptors (Lipinski definition) is 3. The van der Waals surface area contributed by atoms with E-state index in [1.165, 1.54) is 0 Å². The first-order valence-electron chi connectivity index (χ1n) is 4.29. The van der Waals surface area contributed by atoms with Crippen LogP contribution in [0.4, 0.5) is 0 Å². The minimum Gasteiger partial charge on any atom is -0.481 e. The first-order chi connectivity index (χ1) is 7.26. The average Bonchev–Trinajstić information content (AvgIpc) is 2.28. The maximum atomic E-state index is 8.82. The van der Waals surface area contributed by atoms with E-state index >= 15 is 0 Å². The fourth-order valence-corrected chi connectivity index (χ4v) is 1.90. The van der Waals surface area contributed by atoms with Gasteiger partial charge in [0.05, 0.1) is 7.11 Å². The van der Waals surface area contributed by atoms with Crippen LogP contribution >= 0.6 is 15.9 Å². The second-order valence-corrected chi connectivity index (χ2v) is 3.82. The predicted molar refractivity (Wildman–Crippen MR) is 60.7 cm³/mol. The van der Waals surface area contributed by atoms with Gasteiger partial charge in [-0.05, 0) is 18.2 Å². The molecule has 4 heteroatoms. The van der Waals surface area contributed by atoms with E-state index in [0.29, 0.717) is 11.6 Å². The van der Waals surface area contributed by atoms with Crippen molar-refractivity contribution in [2.24, 2.45) is 0 Å². The number of pyridine rings is 1. The van der Waals surface area contributed by atoms with Crippen molar-refractivity contribution in [2.45, 2.75) is 0 Å². The highest BCUT2D eigenvalue weighted by Gasteiger charge is 2.07. The number of aromatic nitrogens is 1. The third-order valence-corrected chi connectivity index (χ3v) is 2.79. The van der Waals surface area contributed by atoms with Gasteiger partial charge in [-0.1, -0.05) is 22.0 Å². The molecule has 15 heavy (non-hydrogen) atoms. The van der Waals surface area contributed by atoms with Gasteiger partial charge < -0.3 is 4.74 Å². The summed E-state index contributed by atoms with van der Waals surface area (Å²) in [5.41, 5.74) is 0.353.